The summed E-state index contributed by atoms with van der Waals surface area (Å²) in [4.78, 5) is 10.3. The minimum Gasteiger partial charge on any atom is -0.278 e. The summed E-state index contributed by atoms with van der Waals surface area (Å²) in [5.74, 6) is -2.31. The zero-order valence-corrected chi connectivity index (χ0v) is 6.99. The summed E-state index contributed by atoms with van der Waals surface area (Å²) in [5, 5.41) is -1.26. The Morgan fingerprint density at radius 2 is 1.92 bits per heavy atom. The standard InChI is InChI=1S/C8H4ClF3O/c9-8(13)7(12)4-1-2-5(10)6(11)3-4/h1-3,7H. The molecule has 0 aliphatic carbocycles. The van der Waals surface area contributed by atoms with Gasteiger partial charge in [-0.25, -0.2) is 13.2 Å². The third-order valence-electron chi connectivity index (χ3n) is 1.44. The van der Waals surface area contributed by atoms with E-state index in [2.05, 4.69) is 0 Å². The van der Waals surface area contributed by atoms with E-state index in [1.54, 1.807) is 0 Å². The molecule has 1 atom stereocenters. The van der Waals surface area contributed by atoms with Gasteiger partial charge in [-0.3, -0.25) is 4.79 Å². The topological polar surface area (TPSA) is 17.1 Å². The highest BCUT2D eigenvalue weighted by molar-refractivity contribution is 6.64. The SMILES string of the molecule is O=C(Cl)C(F)c1ccc(F)c(F)c1. The smallest absolute Gasteiger partial charge is 0.260 e. The Balaban J connectivity index is 3.03. The Hall–Kier alpha value is -1.03. The van der Waals surface area contributed by atoms with Crippen LogP contribution in [0.3, 0.4) is 0 Å². The number of rotatable bonds is 2. The van der Waals surface area contributed by atoms with Crippen molar-refractivity contribution < 1.29 is 18.0 Å². The normalized spacial score (nSPS) is 12.6. The zero-order valence-electron chi connectivity index (χ0n) is 6.23. The first-order valence-corrected chi connectivity index (χ1v) is 3.68. The Morgan fingerprint density at radius 3 is 2.38 bits per heavy atom. The Labute approximate surface area is 77.1 Å². The fourth-order valence-electron chi connectivity index (χ4n) is 0.801. The van der Waals surface area contributed by atoms with Crippen molar-refractivity contribution in [1.29, 1.82) is 0 Å². The van der Waals surface area contributed by atoms with Crippen molar-refractivity contribution in [2.75, 3.05) is 0 Å². The van der Waals surface area contributed by atoms with Gasteiger partial charge in [-0.15, -0.1) is 0 Å². The van der Waals surface area contributed by atoms with Gasteiger partial charge in [0.2, 0.25) is 0 Å². The molecule has 0 saturated carbocycles. The third-order valence-corrected chi connectivity index (χ3v) is 1.63. The first kappa shape index (κ1) is 10.1. The van der Waals surface area contributed by atoms with E-state index in [-0.39, 0.29) is 5.56 Å². The predicted octanol–water partition coefficient (Wildman–Crippen LogP) is 2.74. The predicted molar refractivity (Wildman–Crippen MR) is 41.1 cm³/mol. The minimum atomic E-state index is -2.11. The van der Waals surface area contributed by atoms with Crippen molar-refractivity contribution in [3.05, 3.63) is 35.4 Å². The second-order valence-electron chi connectivity index (χ2n) is 2.34. The summed E-state index contributed by atoms with van der Waals surface area (Å²) < 4.78 is 37.7. The number of hydrogen-bond acceptors (Lipinski definition) is 1. The molecule has 1 rings (SSSR count). The fraction of sp³-hybridized carbons (Fsp3) is 0.125. The van der Waals surface area contributed by atoms with Gasteiger partial charge in [0, 0.05) is 0 Å². The Morgan fingerprint density at radius 1 is 1.31 bits per heavy atom. The van der Waals surface area contributed by atoms with Crippen LogP contribution in [0.5, 0.6) is 0 Å². The van der Waals surface area contributed by atoms with E-state index >= 15 is 0 Å². The first-order chi connectivity index (χ1) is 6.02. The van der Waals surface area contributed by atoms with E-state index in [4.69, 9.17) is 11.6 Å². The highest BCUT2D eigenvalue weighted by atomic mass is 35.5. The second-order valence-corrected chi connectivity index (χ2v) is 2.71. The Kier molecular flexibility index (Phi) is 2.93. The maximum absolute atomic E-state index is 12.8. The van der Waals surface area contributed by atoms with Gasteiger partial charge in [0.1, 0.15) is 0 Å². The van der Waals surface area contributed by atoms with Crippen LogP contribution in [0.1, 0.15) is 11.7 Å². The average molecular weight is 209 g/mol. The molecule has 0 aliphatic heterocycles. The molecule has 1 aromatic carbocycles. The van der Waals surface area contributed by atoms with Crippen molar-refractivity contribution in [3.8, 4) is 0 Å². The number of carbonyl (C=O) groups is 1. The highest BCUT2D eigenvalue weighted by Gasteiger charge is 2.18. The molecule has 0 bridgehead atoms. The fourth-order valence-corrected chi connectivity index (χ4v) is 0.927. The van der Waals surface area contributed by atoms with Crippen molar-refractivity contribution >= 4 is 16.8 Å². The molecule has 0 N–H and O–H groups in total. The van der Waals surface area contributed by atoms with E-state index in [9.17, 15) is 18.0 Å². The van der Waals surface area contributed by atoms with E-state index in [0.29, 0.717) is 6.07 Å². The van der Waals surface area contributed by atoms with Crippen molar-refractivity contribution in [2.45, 2.75) is 6.17 Å². The van der Waals surface area contributed by atoms with E-state index in [1.807, 2.05) is 0 Å². The monoisotopic (exact) mass is 208 g/mol. The van der Waals surface area contributed by atoms with Gasteiger partial charge < -0.3 is 0 Å². The largest absolute Gasteiger partial charge is 0.278 e. The summed E-state index contributed by atoms with van der Waals surface area (Å²) in [6.07, 6.45) is -2.11. The minimum absolute atomic E-state index is 0.293. The maximum atomic E-state index is 12.8. The van der Waals surface area contributed by atoms with Crippen LogP contribution < -0.4 is 0 Å². The van der Waals surface area contributed by atoms with Crippen LogP contribution >= 0.6 is 11.6 Å². The summed E-state index contributed by atoms with van der Waals surface area (Å²) in [7, 11) is 0. The van der Waals surface area contributed by atoms with Crippen LogP contribution in [-0.2, 0) is 4.79 Å². The van der Waals surface area contributed by atoms with Gasteiger partial charge >= 0.3 is 0 Å². The van der Waals surface area contributed by atoms with E-state index < -0.39 is 23.0 Å². The van der Waals surface area contributed by atoms with Crippen molar-refractivity contribution in [1.82, 2.24) is 0 Å². The lowest BCUT2D eigenvalue weighted by Crippen LogP contribution is -2.01. The van der Waals surface area contributed by atoms with Crippen LogP contribution in [0.2, 0.25) is 0 Å². The van der Waals surface area contributed by atoms with Crippen molar-refractivity contribution in [3.63, 3.8) is 0 Å². The summed E-state index contributed by atoms with van der Waals surface area (Å²) in [6, 6.07) is 2.29. The number of halogens is 4. The highest BCUT2D eigenvalue weighted by Crippen LogP contribution is 2.21. The molecular formula is C8H4ClF3O. The lowest BCUT2D eigenvalue weighted by molar-refractivity contribution is -0.116. The van der Waals surface area contributed by atoms with Crippen molar-refractivity contribution in [2.24, 2.45) is 0 Å². The lowest BCUT2D eigenvalue weighted by Gasteiger charge is -2.02. The molecular weight excluding hydrogens is 205 g/mol. The third kappa shape index (κ3) is 2.21. The molecule has 0 spiro atoms. The molecule has 0 aromatic heterocycles. The lowest BCUT2D eigenvalue weighted by atomic mass is 10.1. The second kappa shape index (κ2) is 3.79. The van der Waals surface area contributed by atoms with Gasteiger partial charge in [0.05, 0.1) is 0 Å². The molecule has 0 heterocycles. The molecule has 1 unspecified atom stereocenters. The van der Waals surface area contributed by atoms with Crippen LogP contribution in [0.25, 0.3) is 0 Å². The van der Waals surface area contributed by atoms with Gasteiger partial charge in [0.25, 0.3) is 5.24 Å². The van der Waals surface area contributed by atoms with Gasteiger partial charge in [0.15, 0.2) is 17.8 Å². The molecule has 1 nitrogen and oxygen atoms in total. The molecule has 0 amide bonds. The number of hydrogen-bond donors (Lipinski definition) is 0. The maximum Gasteiger partial charge on any atom is 0.260 e. The average Bonchev–Trinajstić information content (AvgIpc) is 2.08. The van der Waals surface area contributed by atoms with Crippen LogP contribution in [0, 0.1) is 11.6 Å². The molecule has 1 aromatic rings. The first-order valence-electron chi connectivity index (χ1n) is 3.30. The van der Waals surface area contributed by atoms with Gasteiger partial charge in [-0.2, -0.15) is 0 Å². The quantitative estimate of drug-likeness (QED) is 0.683. The molecule has 0 fully saturated rings. The molecule has 13 heavy (non-hydrogen) atoms. The van der Waals surface area contributed by atoms with Gasteiger partial charge in [-0.1, -0.05) is 6.07 Å². The number of alkyl halides is 1. The zero-order chi connectivity index (χ0) is 10.0. The Bertz CT molecular complexity index is 340. The van der Waals surface area contributed by atoms with E-state index in [0.717, 1.165) is 12.1 Å². The number of benzene rings is 1. The molecule has 5 heteroatoms. The summed E-state index contributed by atoms with van der Waals surface area (Å²) in [6.45, 7) is 0. The molecule has 0 saturated heterocycles. The molecule has 70 valence electrons. The van der Waals surface area contributed by atoms with E-state index in [1.165, 1.54) is 0 Å². The van der Waals surface area contributed by atoms with Crippen LogP contribution in [0.4, 0.5) is 13.2 Å². The number of carbonyl (C=O) groups excluding carboxylic acids is 1. The van der Waals surface area contributed by atoms with Crippen LogP contribution in [0.15, 0.2) is 18.2 Å². The van der Waals surface area contributed by atoms with Gasteiger partial charge in [-0.05, 0) is 29.3 Å². The summed E-state index contributed by atoms with van der Waals surface area (Å²) >= 11 is 4.82. The van der Waals surface area contributed by atoms with Crippen LogP contribution in [-0.4, -0.2) is 5.24 Å². The summed E-state index contributed by atoms with van der Waals surface area (Å²) in [5.41, 5.74) is -0.293. The molecule has 0 aliphatic rings. The molecule has 0 radical (unpaired) electrons.